The molecule has 3 unspecified atom stereocenters. The highest BCUT2D eigenvalue weighted by Crippen LogP contribution is 2.28. The molecule has 0 aliphatic heterocycles. The Labute approximate surface area is 225 Å². The molecule has 3 amide bonds. The predicted octanol–water partition coefficient (Wildman–Crippen LogP) is 2.75. The zero-order valence-corrected chi connectivity index (χ0v) is 23.0. The monoisotopic (exact) mass is 547 g/mol. The molecule has 0 aliphatic carbocycles. The largest absolute Gasteiger partial charge is 0.497 e. The number of amides is 3. The Balaban J connectivity index is 1.91. The normalized spacial score (nSPS) is 13.3. The summed E-state index contributed by atoms with van der Waals surface area (Å²) in [5.41, 5.74) is 6.17. The average molecular weight is 548 g/mol. The van der Waals surface area contributed by atoms with Gasteiger partial charge in [0.05, 0.1) is 19.1 Å². The molecule has 4 N–H and O–H groups in total. The third-order valence-corrected chi connectivity index (χ3v) is 7.70. The van der Waals surface area contributed by atoms with Gasteiger partial charge in [-0.05, 0) is 41.3 Å². The summed E-state index contributed by atoms with van der Waals surface area (Å²) < 4.78 is 5.25. The van der Waals surface area contributed by atoms with E-state index in [4.69, 9.17) is 10.5 Å². The molecule has 2 aromatic rings. The summed E-state index contributed by atoms with van der Waals surface area (Å²) in [4.78, 5) is 59.8. The number of fused-ring (bicyclic) bond motifs is 1. The third kappa shape index (κ3) is 9.73. The average Bonchev–Trinajstić information content (AvgIpc) is 2.85. The van der Waals surface area contributed by atoms with Gasteiger partial charge in [-0.2, -0.15) is 0 Å². The number of carbonyl (C=O) groups excluding carboxylic acids is 5. The van der Waals surface area contributed by atoms with Gasteiger partial charge >= 0.3 is 0 Å². The second-order valence-electron chi connectivity index (χ2n) is 8.52. The van der Waals surface area contributed by atoms with Gasteiger partial charge in [-0.1, -0.05) is 54.7 Å². The van der Waals surface area contributed by atoms with Crippen molar-refractivity contribution in [3.05, 3.63) is 42.0 Å². The number of hydrogen-bond donors (Lipinski definition) is 3. The van der Waals surface area contributed by atoms with Crippen molar-refractivity contribution in [3.63, 3.8) is 0 Å². The van der Waals surface area contributed by atoms with Crippen LogP contribution in [-0.2, 0) is 24.0 Å². The molecule has 3 atom stereocenters. The van der Waals surface area contributed by atoms with Crippen LogP contribution >= 0.6 is 23.5 Å². The zero-order valence-electron chi connectivity index (χ0n) is 21.4. The molecule has 0 radical (unpaired) electrons. The number of thioether (sulfide) groups is 2. The molecular weight excluding hydrogens is 514 g/mol. The lowest BCUT2D eigenvalue weighted by molar-refractivity contribution is -0.126. The van der Waals surface area contributed by atoms with E-state index in [1.165, 1.54) is 13.8 Å². The number of hydrogen-bond acceptors (Lipinski definition) is 8. The molecule has 0 saturated heterocycles. The SMILES string of the molecule is COc1ccc2cc(C(C)C(=O)SCCC(NC(C)=O)C(=O)SCCC(NC(C)=O)C(N)=O)ccc2c1. The predicted molar refractivity (Wildman–Crippen MR) is 147 cm³/mol. The minimum atomic E-state index is -0.871. The Bertz CT molecular complexity index is 1160. The van der Waals surface area contributed by atoms with Crippen molar-refractivity contribution in [1.82, 2.24) is 10.6 Å². The zero-order chi connectivity index (χ0) is 27.5. The maximum absolute atomic E-state index is 12.8. The van der Waals surface area contributed by atoms with Crippen molar-refractivity contribution in [2.45, 2.75) is 51.6 Å². The summed E-state index contributed by atoms with van der Waals surface area (Å²) in [7, 11) is 1.61. The molecule has 0 fully saturated rings. The van der Waals surface area contributed by atoms with E-state index >= 15 is 0 Å². The number of rotatable bonds is 13. The Hall–Kier alpha value is -3.05. The van der Waals surface area contributed by atoms with Gasteiger partial charge in [0, 0.05) is 25.4 Å². The van der Waals surface area contributed by atoms with Crippen molar-refractivity contribution in [3.8, 4) is 5.75 Å². The highest BCUT2D eigenvalue weighted by atomic mass is 32.2. The van der Waals surface area contributed by atoms with Gasteiger partial charge in [0.25, 0.3) is 0 Å². The Morgan fingerprint density at radius 2 is 1.38 bits per heavy atom. The first-order valence-electron chi connectivity index (χ1n) is 11.8. The van der Waals surface area contributed by atoms with Crippen molar-refractivity contribution in [1.29, 1.82) is 0 Å². The van der Waals surface area contributed by atoms with Crippen molar-refractivity contribution >= 4 is 62.2 Å². The smallest absolute Gasteiger partial charge is 0.240 e. The summed E-state index contributed by atoms with van der Waals surface area (Å²) >= 11 is 2.07. The fourth-order valence-corrected chi connectivity index (χ4v) is 5.45. The van der Waals surface area contributed by atoms with Gasteiger partial charge in [-0.3, -0.25) is 24.0 Å². The first-order chi connectivity index (χ1) is 17.5. The van der Waals surface area contributed by atoms with Crippen molar-refractivity contribution in [2.75, 3.05) is 18.6 Å². The van der Waals surface area contributed by atoms with Gasteiger partial charge < -0.3 is 21.1 Å². The number of carbonyl (C=O) groups is 5. The minimum Gasteiger partial charge on any atom is -0.497 e. The molecule has 2 rings (SSSR count). The number of methoxy groups -OCH3 is 1. The van der Waals surface area contributed by atoms with Gasteiger partial charge in [0.15, 0.2) is 5.12 Å². The topological polar surface area (TPSA) is 145 Å². The number of primary amides is 1. The molecule has 0 aliphatic rings. The summed E-state index contributed by atoms with van der Waals surface area (Å²) in [6.45, 7) is 4.44. The van der Waals surface area contributed by atoms with Crippen LogP contribution in [0.25, 0.3) is 10.8 Å². The van der Waals surface area contributed by atoms with Gasteiger partial charge in [-0.15, -0.1) is 0 Å². The standard InChI is InChI=1S/C26H33N3O6S2/c1-15(18-5-6-20-14-21(35-4)8-7-19(20)13-18)25(33)36-12-10-23(29-17(3)31)26(34)37-11-9-22(24(27)32)28-16(2)30/h5-8,13-15,22-23H,9-12H2,1-4H3,(H2,27,32)(H,28,30)(H,29,31). The first-order valence-corrected chi connectivity index (χ1v) is 13.7. The molecule has 37 heavy (non-hydrogen) atoms. The number of benzene rings is 2. The third-order valence-electron chi connectivity index (χ3n) is 5.61. The van der Waals surface area contributed by atoms with Crippen LogP contribution < -0.4 is 21.1 Å². The first kappa shape index (κ1) is 30.2. The van der Waals surface area contributed by atoms with E-state index < -0.39 is 23.9 Å². The highest BCUT2D eigenvalue weighted by molar-refractivity contribution is 8.14. The number of ether oxygens (including phenoxy) is 1. The molecular formula is C26H33N3O6S2. The Morgan fingerprint density at radius 1 is 0.838 bits per heavy atom. The Morgan fingerprint density at radius 3 is 1.97 bits per heavy atom. The number of nitrogens with one attached hydrogen (secondary N) is 2. The maximum Gasteiger partial charge on any atom is 0.240 e. The molecule has 0 saturated carbocycles. The second-order valence-corrected chi connectivity index (χ2v) is 10.7. The maximum atomic E-state index is 12.8. The lowest BCUT2D eigenvalue weighted by Gasteiger charge is -2.18. The van der Waals surface area contributed by atoms with Crippen LogP contribution in [0.5, 0.6) is 5.75 Å². The van der Waals surface area contributed by atoms with E-state index in [0.717, 1.165) is 45.6 Å². The molecule has 200 valence electrons. The Kier molecular flexibility index (Phi) is 11.9. The van der Waals surface area contributed by atoms with Crippen molar-refractivity contribution < 1.29 is 28.7 Å². The highest BCUT2D eigenvalue weighted by Gasteiger charge is 2.23. The van der Waals surface area contributed by atoms with Gasteiger partial charge in [-0.25, -0.2) is 0 Å². The summed E-state index contributed by atoms with van der Waals surface area (Å²) in [6.07, 6.45) is 0.457. The van der Waals surface area contributed by atoms with E-state index in [0.29, 0.717) is 5.75 Å². The van der Waals surface area contributed by atoms with Crippen LogP contribution in [-0.4, -0.2) is 58.7 Å². The molecule has 9 nitrogen and oxygen atoms in total. The fourth-order valence-electron chi connectivity index (χ4n) is 3.58. The van der Waals surface area contributed by atoms with Crippen LogP contribution in [0.3, 0.4) is 0 Å². The fraction of sp³-hybridized carbons (Fsp3) is 0.423. The number of nitrogens with two attached hydrogens (primary N) is 1. The molecule has 2 aromatic carbocycles. The molecule has 0 bridgehead atoms. The molecule has 0 spiro atoms. The quantitative estimate of drug-likeness (QED) is 0.347. The minimum absolute atomic E-state index is 0.0332. The summed E-state index contributed by atoms with van der Waals surface area (Å²) in [5, 5.41) is 6.78. The van der Waals surface area contributed by atoms with Crippen molar-refractivity contribution in [2.24, 2.45) is 5.73 Å². The van der Waals surface area contributed by atoms with E-state index in [-0.39, 0.29) is 40.7 Å². The van der Waals surface area contributed by atoms with Crippen LogP contribution in [0.2, 0.25) is 0 Å². The second kappa shape index (κ2) is 14.6. The van der Waals surface area contributed by atoms with E-state index in [2.05, 4.69) is 10.6 Å². The van der Waals surface area contributed by atoms with E-state index in [1.807, 2.05) is 43.3 Å². The van der Waals surface area contributed by atoms with Crippen LogP contribution in [0, 0.1) is 0 Å². The lowest BCUT2D eigenvalue weighted by Crippen LogP contribution is -2.44. The molecule has 0 aromatic heterocycles. The van der Waals surface area contributed by atoms with Crippen LogP contribution in [0.15, 0.2) is 36.4 Å². The lowest BCUT2D eigenvalue weighted by atomic mass is 9.99. The molecule has 0 heterocycles. The van der Waals surface area contributed by atoms with Gasteiger partial charge in [0.1, 0.15) is 11.8 Å². The molecule has 11 heteroatoms. The van der Waals surface area contributed by atoms with Gasteiger partial charge in [0.2, 0.25) is 22.8 Å². The summed E-state index contributed by atoms with van der Waals surface area (Å²) in [6, 6.07) is 9.98. The summed E-state index contributed by atoms with van der Waals surface area (Å²) in [5.74, 6) is -0.430. The van der Waals surface area contributed by atoms with E-state index in [1.54, 1.807) is 7.11 Å². The van der Waals surface area contributed by atoms with Crippen LogP contribution in [0.4, 0.5) is 0 Å². The van der Waals surface area contributed by atoms with Crippen LogP contribution in [0.1, 0.15) is 45.1 Å². The van der Waals surface area contributed by atoms with E-state index in [9.17, 15) is 24.0 Å².